The maximum absolute atomic E-state index is 13.5. The van der Waals surface area contributed by atoms with E-state index < -0.39 is 0 Å². The summed E-state index contributed by atoms with van der Waals surface area (Å²) < 4.78 is 10.7. The molecule has 0 aliphatic carbocycles. The van der Waals surface area contributed by atoms with Gasteiger partial charge in [-0.2, -0.15) is 0 Å². The summed E-state index contributed by atoms with van der Waals surface area (Å²) in [6.45, 7) is 5.87. The van der Waals surface area contributed by atoms with Crippen molar-refractivity contribution >= 4 is 17.6 Å². The summed E-state index contributed by atoms with van der Waals surface area (Å²) in [7, 11) is 1.62. The van der Waals surface area contributed by atoms with Crippen molar-refractivity contribution in [2.75, 3.05) is 57.9 Å². The maximum atomic E-state index is 13.5. The minimum absolute atomic E-state index is 0.0177. The van der Waals surface area contributed by atoms with Crippen molar-refractivity contribution in [1.29, 1.82) is 0 Å². The van der Waals surface area contributed by atoms with E-state index in [1.165, 1.54) is 0 Å². The molecule has 3 heterocycles. The SMILES string of the molecule is COc1ccc([C@H]2CN(C(C)=O)CCN2C(=O)c2ccnc(N3CCOCC3)c2)cc1. The lowest BCUT2D eigenvalue weighted by molar-refractivity contribution is -0.131. The molecule has 0 bridgehead atoms. The van der Waals surface area contributed by atoms with Gasteiger partial charge in [-0.1, -0.05) is 12.1 Å². The van der Waals surface area contributed by atoms with Crippen LogP contribution in [0.3, 0.4) is 0 Å². The maximum Gasteiger partial charge on any atom is 0.254 e. The van der Waals surface area contributed by atoms with Crippen molar-refractivity contribution in [3.8, 4) is 5.75 Å². The second-order valence-corrected chi connectivity index (χ2v) is 7.75. The molecular formula is C23H28N4O4. The van der Waals surface area contributed by atoms with Gasteiger partial charge >= 0.3 is 0 Å². The first-order valence-corrected chi connectivity index (χ1v) is 10.6. The van der Waals surface area contributed by atoms with Gasteiger partial charge in [-0.15, -0.1) is 0 Å². The first kappa shape index (κ1) is 21.1. The second-order valence-electron chi connectivity index (χ2n) is 7.75. The minimum Gasteiger partial charge on any atom is -0.497 e. The predicted octanol–water partition coefficient (Wildman–Crippen LogP) is 1.97. The Balaban J connectivity index is 1.60. The number of morpholine rings is 1. The highest BCUT2D eigenvalue weighted by molar-refractivity contribution is 5.95. The van der Waals surface area contributed by atoms with E-state index in [0.717, 1.165) is 30.2 Å². The summed E-state index contributed by atoms with van der Waals surface area (Å²) in [5.74, 6) is 1.51. The highest BCUT2D eigenvalue weighted by Crippen LogP contribution is 2.29. The molecule has 8 nitrogen and oxygen atoms in total. The fourth-order valence-corrected chi connectivity index (χ4v) is 4.11. The fourth-order valence-electron chi connectivity index (χ4n) is 4.11. The van der Waals surface area contributed by atoms with Crippen LogP contribution >= 0.6 is 0 Å². The number of benzene rings is 1. The van der Waals surface area contributed by atoms with Gasteiger partial charge in [0, 0.05) is 51.4 Å². The molecule has 2 fully saturated rings. The zero-order valence-electron chi connectivity index (χ0n) is 18.0. The molecule has 0 spiro atoms. The third kappa shape index (κ3) is 4.64. The van der Waals surface area contributed by atoms with E-state index in [1.54, 1.807) is 31.2 Å². The number of hydrogen-bond donors (Lipinski definition) is 0. The molecule has 0 saturated carbocycles. The quantitative estimate of drug-likeness (QED) is 0.747. The van der Waals surface area contributed by atoms with Crippen molar-refractivity contribution < 1.29 is 19.1 Å². The van der Waals surface area contributed by atoms with Gasteiger partial charge in [-0.3, -0.25) is 9.59 Å². The number of ether oxygens (including phenoxy) is 2. The lowest BCUT2D eigenvalue weighted by atomic mass is 10.0. The van der Waals surface area contributed by atoms with Gasteiger partial charge in [0.2, 0.25) is 5.91 Å². The second kappa shape index (κ2) is 9.34. The first-order chi connectivity index (χ1) is 15.1. The summed E-state index contributed by atoms with van der Waals surface area (Å²) >= 11 is 0. The largest absolute Gasteiger partial charge is 0.497 e. The van der Waals surface area contributed by atoms with Crippen LogP contribution in [0, 0.1) is 0 Å². The Bertz CT molecular complexity index is 927. The molecule has 2 saturated heterocycles. The van der Waals surface area contributed by atoms with Crippen LogP contribution in [0.2, 0.25) is 0 Å². The zero-order chi connectivity index (χ0) is 21.8. The number of aromatic nitrogens is 1. The summed E-state index contributed by atoms with van der Waals surface area (Å²) in [6, 6.07) is 11.1. The fraction of sp³-hybridized carbons (Fsp3) is 0.435. The average Bonchev–Trinajstić information content (AvgIpc) is 2.84. The molecule has 1 aromatic carbocycles. The zero-order valence-corrected chi connectivity index (χ0v) is 18.0. The van der Waals surface area contributed by atoms with E-state index >= 15 is 0 Å². The molecular weight excluding hydrogens is 396 g/mol. The van der Waals surface area contributed by atoms with Crippen LogP contribution in [-0.4, -0.2) is 79.6 Å². The molecule has 0 radical (unpaired) electrons. The van der Waals surface area contributed by atoms with E-state index in [0.29, 0.717) is 38.4 Å². The molecule has 2 amide bonds. The average molecular weight is 425 g/mol. The smallest absolute Gasteiger partial charge is 0.254 e. The number of hydrogen-bond acceptors (Lipinski definition) is 6. The number of carbonyl (C=O) groups is 2. The van der Waals surface area contributed by atoms with Crippen LogP contribution < -0.4 is 9.64 Å². The van der Waals surface area contributed by atoms with Crippen LogP contribution in [0.15, 0.2) is 42.6 Å². The number of carbonyl (C=O) groups excluding carboxylic acids is 2. The van der Waals surface area contributed by atoms with Crippen LogP contribution in [0.25, 0.3) is 0 Å². The van der Waals surface area contributed by atoms with Crippen LogP contribution in [0.1, 0.15) is 28.9 Å². The standard InChI is InChI=1S/C23H28N4O4/c1-17(28)26-9-10-27(21(16-26)18-3-5-20(30-2)6-4-18)23(29)19-7-8-24-22(15-19)25-11-13-31-14-12-25/h3-8,15,21H,9-14,16H2,1-2H3/t21-/m1/s1. The lowest BCUT2D eigenvalue weighted by Crippen LogP contribution is -2.51. The Kier molecular flexibility index (Phi) is 6.36. The summed E-state index contributed by atoms with van der Waals surface area (Å²) in [6.07, 6.45) is 1.69. The third-order valence-electron chi connectivity index (χ3n) is 5.91. The van der Waals surface area contributed by atoms with Gasteiger partial charge in [0.1, 0.15) is 11.6 Å². The van der Waals surface area contributed by atoms with E-state index in [4.69, 9.17) is 9.47 Å². The molecule has 2 aliphatic heterocycles. The minimum atomic E-state index is -0.226. The molecule has 0 N–H and O–H groups in total. The van der Waals surface area contributed by atoms with Crippen molar-refractivity contribution in [1.82, 2.24) is 14.8 Å². The molecule has 31 heavy (non-hydrogen) atoms. The molecule has 2 aliphatic rings. The predicted molar refractivity (Wildman–Crippen MR) is 116 cm³/mol. The van der Waals surface area contributed by atoms with Crippen LogP contribution in [0.5, 0.6) is 5.75 Å². The highest BCUT2D eigenvalue weighted by atomic mass is 16.5. The van der Waals surface area contributed by atoms with Gasteiger partial charge in [-0.25, -0.2) is 4.98 Å². The number of methoxy groups -OCH3 is 1. The molecule has 2 aromatic rings. The van der Waals surface area contributed by atoms with Gasteiger partial charge in [0.25, 0.3) is 5.91 Å². The number of piperazine rings is 1. The van der Waals surface area contributed by atoms with E-state index in [9.17, 15) is 9.59 Å². The number of rotatable bonds is 4. The lowest BCUT2D eigenvalue weighted by Gasteiger charge is -2.41. The Labute approximate surface area is 182 Å². The van der Waals surface area contributed by atoms with Crippen LogP contribution in [0.4, 0.5) is 5.82 Å². The highest BCUT2D eigenvalue weighted by Gasteiger charge is 2.33. The first-order valence-electron chi connectivity index (χ1n) is 10.6. The number of pyridine rings is 1. The third-order valence-corrected chi connectivity index (χ3v) is 5.91. The number of amides is 2. The van der Waals surface area contributed by atoms with Crippen LogP contribution in [-0.2, 0) is 9.53 Å². The molecule has 1 aromatic heterocycles. The summed E-state index contributed by atoms with van der Waals surface area (Å²) in [5.41, 5.74) is 1.58. The Morgan fingerprint density at radius 3 is 2.48 bits per heavy atom. The van der Waals surface area contributed by atoms with Gasteiger partial charge in [-0.05, 0) is 29.8 Å². The van der Waals surface area contributed by atoms with E-state index in [2.05, 4.69) is 9.88 Å². The topological polar surface area (TPSA) is 75.2 Å². The Hall–Kier alpha value is -3.13. The van der Waals surface area contributed by atoms with Crippen molar-refractivity contribution in [3.05, 3.63) is 53.7 Å². The van der Waals surface area contributed by atoms with E-state index in [1.807, 2.05) is 35.2 Å². The molecule has 4 rings (SSSR count). The van der Waals surface area contributed by atoms with Gasteiger partial charge < -0.3 is 24.2 Å². The normalized spacial score (nSPS) is 19.3. The van der Waals surface area contributed by atoms with Gasteiger partial charge in [0.05, 0.1) is 26.4 Å². The number of anilines is 1. The Morgan fingerprint density at radius 1 is 1.06 bits per heavy atom. The summed E-state index contributed by atoms with van der Waals surface area (Å²) in [4.78, 5) is 35.8. The van der Waals surface area contributed by atoms with Gasteiger partial charge in [0.15, 0.2) is 0 Å². The van der Waals surface area contributed by atoms with Crippen molar-refractivity contribution in [3.63, 3.8) is 0 Å². The molecule has 0 unspecified atom stereocenters. The molecule has 8 heteroatoms. The summed E-state index contributed by atoms with van der Waals surface area (Å²) in [5, 5.41) is 0. The van der Waals surface area contributed by atoms with E-state index in [-0.39, 0.29) is 17.9 Å². The Morgan fingerprint density at radius 2 is 1.81 bits per heavy atom. The van der Waals surface area contributed by atoms with Crippen molar-refractivity contribution in [2.24, 2.45) is 0 Å². The molecule has 164 valence electrons. The monoisotopic (exact) mass is 424 g/mol. The molecule has 1 atom stereocenters. The van der Waals surface area contributed by atoms with Crippen molar-refractivity contribution in [2.45, 2.75) is 13.0 Å². The number of nitrogens with zero attached hydrogens (tertiary/aromatic N) is 4.